The lowest BCUT2D eigenvalue weighted by Crippen LogP contribution is -2.46. The first-order chi connectivity index (χ1) is 8.21. The van der Waals surface area contributed by atoms with Crippen molar-refractivity contribution in [2.75, 3.05) is 19.6 Å². The zero-order valence-corrected chi connectivity index (χ0v) is 11.1. The maximum absolute atomic E-state index is 12.2. The first-order valence-corrected chi connectivity index (χ1v) is 7.20. The van der Waals surface area contributed by atoms with Crippen LogP contribution in [0.2, 0.25) is 0 Å². The summed E-state index contributed by atoms with van der Waals surface area (Å²) >= 11 is 0. The number of piperidine rings is 1. The van der Waals surface area contributed by atoms with Crippen LogP contribution < -0.4 is 10.6 Å². The lowest BCUT2D eigenvalue weighted by Gasteiger charge is -2.33. The Morgan fingerprint density at radius 3 is 2.53 bits per heavy atom. The van der Waals surface area contributed by atoms with Gasteiger partial charge in [-0.1, -0.05) is 26.2 Å². The van der Waals surface area contributed by atoms with E-state index in [2.05, 4.69) is 17.6 Å². The second-order valence-electron chi connectivity index (χ2n) is 6.02. The smallest absolute Gasteiger partial charge is 0.226 e. The number of amides is 1. The van der Waals surface area contributed by atoms with Gasteiger partial charge in [0.2, 0.25) is 5.91 Å². The zero-order valence-electron chi connectivity index (χ0n) is 11.1. The summed E-state index contributed by atoms with van der Waals surface area (Å²) in [5, 5.41) is 6.52. The van der Waals surface area contributed by atoms with Crippen LogP contribution in [-0.4, -0.2) is 25.5 Å². The van der Waals surface area contributed by atoms with Gasteiger partial charge in [-0.3, -0.25) is 4.79 Å². The highest BCUT2D eigenvalue weighted by atomic mass is 16.2. The summed E-state index contributed by atoms with van der Waals surface area (Å²) in [6.45, 7) is 4.98. The second-order valence-corrected chi connectivity index (χ2v) is 6.02. The Morgan fingerprint density at radius 2 is 1.88 bits per heavy atom. The van der Waals surface area contributed by atoms with Crippen LogP contribution in [0.4, 0.5) is 0 Å². The summed E-state index contributed by atoms with van der Waals surface area (Å²) in [5.74, 6) is 1.02. The Labute approximate surface area is 105 Å². The van der Waals surface area contributed by atoms with E-state index >= 15 is 0 Å². The molecule has 17 heavy (non-hydrogen) atoms. The van der Waals surface area contributed by atoms with E-state index in [0.29, 0.717) is 0 Å². The summed E-state index contributed by atoms with van der Waals surface area (Å²) in [4.78, 5) is 12.2. The molecule has 3 nitrogen and oxygen atoms in total. The number of nitrogens with one attached hydrogen (secondary N) is 2. The van der Waals surface area contributed by atoms with Gasteiger partial charge in [-0.25, -0.2) is 0 Å². The van der Waals surface area contributed by atoms with Crippen molar-refractivity contribution in [3.63, 3.8) is 0 Å². The molecule has 2 N–H and O–H groups in total. The highest BCUT2D eigenvalue weighted by Gasteiger charge is 2.34. The van der Waals surface area contributed by atoms with Crippen molar-refractivity contribution in [2.45, 2.75) is 51.9 Å². The molecule has 2 fully saturated rings. The van der Waals surface area contributed by atoms with Crippen LogP contribution >= 0.6 is 0 Å². The van der Waals surface area contributed by atoms with Crippen LogP contribution in [0.3, 0.4) is 0 Å². The minimum absolute atomic E-state index is 0.125. The molecule has 0 spiro atoms. The molecule has 1 saturated heterocycles. The molecule has 0 aromatic rings. The van der Waals surface area contributed by atoms with Crippen LogP contribution in [0.5, 0.6) is 0 Å². The third-order valence-corrected chi connectivity index (χ3v) is 4.53. The van der Waals surface area contributed by atoms with E-state index < -0.39 is 0 Å². The topological polar surface area (TPSA) is 41.1 Å². The van der Waals surface area contributed by atoms with Gasteiger partial charge < -0.3 is 10.6 Å². The Morgan fingerprint density at radius 1 is 1.24 bits per heavy atom. The predicted octanol–water partition coefficient (Wildman–Crippen LogP) is 2.07. The molecule has 0 aromatic heterocycles. The predicted molar refractivity (Wildman–Crippen MR) is 69.8 cm³/mol. The highest BCUT2D eigenvalue weighted by molar-refractivity contribution is 5.82. The van der Waals surface area contributed by atoms with E-state index in [0.717, 1.165) is 38.4 Å². The van der Waals surface area contributed by atoms with Crippen molar-refractivity contribution in [1.82, 2.24) is 10.6 Å². The first-order valence-electron chi connectivity index (χ1n) is 7.20. The molecule has 1 aliphatic carbocycles. The van der Waals surface area contributed by atoms with Crippen molar-refractivity contribution in [2.24, 2.45) is 11.3 Å². The zero-order chi connectivity index (χ0) is 12.1. The van der Waals surface area contributed by atoms with Crippen molar-refractivity contribution < 1.29 is 4.79 Å². The molecule has 98 valence electrons. The fourth-order valence-electron chi connectivity index (χ4n) is 3.05. The SMILES string of the molecule is CC1(C(=O)NCC2CCCCC2)CCNCC1. The average Bonchev–Trinajstić information content (AvgIpc) is 2.38. The van der Waals surface area contributed by atoms with E-state index in [-0.39, 0.29) is 11.3 Å². The molecular formula is C14H26N2O. The summed E-state index contributed by atoms with van der Waals surface area (Å²) in [6, 6.07) is 0. The normalized spacial score (nSPS) is 25.5. The molecule has 0 radical (unpaired) electrons. The maximum atomic E-state index is 12.2. The van der Waals surface area contributed by atoms with Crippen LogP contribution in [0.1, 0.15) is 51.9 Å². The van der Waals surface area contributed by atoms with E-state index in [1.165, 1.54) is 32.1 Å². The van der Waals surface area contributed by atoms with E-state index in [9.17, 15) is 4.79 Å². The number of carbonyl (C=O) groups is 1. The van der Waals surface area contributed by atoms with Crippen LogP contribution in [0.25, 0.3) is 0 Å². The van der Waals surface area contributed by atoms with Gasteiger partial charge in [0.25, 0.3) is 0 Å². The third kappa shape index (κ3) is 3.44. The molecule has 0 bridgehead atoms. The van der Waals surface area contributed by atoms with Gasteiger partial charge in [-0.2, -0.15) is 0 Å². The number of hydrogen-bond donors (Lipinski definition) is 2. The molecule has 0 unspecified atom stereocenters. The largest absolute Gasteiger partial charge is 0.355 e. The molecule has 1 amide bonds. The van der Waals surface area contributed by atoms with E-state index in [4.69, 9.17) is 0 Å². The maximum Gasteiger partial charge on any atom is 0.226 e. The molecule has 1 heterocycles. The Balaban J connectivity index is 1.75. The number of carbonyl (C=O) groups excluding carboxylic acids is 1. The van der Waals surface area contributed by atoms with Crippen LogP contribution in [-0.2, 0) is 4.79 Å². The van der Waals surface area contributed by atoms with E-state index in [1.807, 2.05) is 0 Å². The molecule has 1 saturated carbocycles. The Bertz CT molecular complexity index is 253. The van der Waals surface area contributed by atoms with Gasteiger partial charge in [0, 0.05) is 12.0 Å². The minimum Gasteiger partial charge on any atom is -0.355 e. The Hall–Kier alpha value is -0.570. The van der Waals surface area contributed by atoms with Crippen molar-refractivity contribution in [1.29, 1.82) is 0 Å². The summed E-state index contributed by atoms with van der Waals surface area (Å²) in [5.41, 5.74) is -0.125. The van der Waals surface area contributed by atoms with Gasteiger partial charge >= 0.3 is 0 Å². The van der Waals surface area contributed by atoms with Gasteiger partial charge in [-0.05, 0) is 44.7 Å². The molecule has 0 atom stereocenters. The van der Waals surface area contributed by atoms with Crippen LogP contribution in [0.15, 0.2) is 0 Å². The lowest BCUT2D eigenvalue weighted by atomic mass is 9.80. The molecule has 0 aromatic carbocycles. The highest BCUT2D eigenvalue weighted by Crippen LogP contribution is 2.28. The molecule has 3 heteroatoms. The summed E-state index contributed by atoms with van der Waals surface area (Å²) in [6.07, 6.45) is 8.64. The molecular weight excluding hydrogens is 212 g/mol. The van der Waals surface area contributed by atoms with Crippen molar-refractivity contribution in [3.8, 4) is 0 Å². The van der Waals surface area contributed by atoms with Crippen molar-refractivity contribution >= 4 is 5.91 Å². The molecule has 1 aliphatic heterocycles. The lowest BCUT2D eigenvalue weighted by molar-refractivity contribution is -0.131. The standard InChI is InChI=1S/C14H26N2O/c1-14(7-9-15-10-8-14)13(17)16-11-12-5-3-2-4-6-12/h12,15H,2-11H2,1H3,(H,16,17). The van der Waals surface area contributed by atoms with Gasteiger partial charge in [0.05, 0.1) is 0 Å². The Kier molecular flexibility index (Phi) is 4.43. The fourth-order valence-corrected chi connectivity index (χ4v) is 3.05. The van der Waals surface area contributed by atoms with E-state index in [1.54, 1.807) is 0 Å². The van der Waals surface area contributed by atoms with Gasteiger partial charge in [0.1, 0.15) is 0 Å². The van der Waals surface area contributed by atoms with Gasteiger partial charge in [-0.15, -0.1) is 0 Å². The molecule has 2 aliphatic rings. The van der Waals surface area contributed by atoms with Gasteiger partial charge in [0.15, 0.2) is 0 Å². The second kappa shape index (κ2) is 5.85. The quantitative estimate of drug-likeness (QED) is 0.790. The number of hydrogen-bond acceptors (Lipinski definition) is 2. The summed E-state index contributed by atoms with van der Waals surface area (Å²) < 4.78 is 0. The third-order valence-electron chi connectivity index (χ3n) is 4.53. The number of rotatable bonds is 3. The minimum atomic E-state index is -0.125. The average molecular weight is 238 g/mol. The summed E-state index contributed by atoms with van der Waals surface area (Å²) in [7, 11) is 0. The first kappa shape index (κ1) is 12.9. The molecule has 2 rings (SSSR count). The van der Waals surface area contributed by atoms with Crippen LogP contribution in [0, 0.1) is 11.3 Å². The monoisotopic (exact) mass is 238 g/mol. The van der Waals surface area contributed by atoms with Crippen molar-refractivity contribution in [3.05, 3.63) is 0 Å². The fraction of sp³-hybridized carbons (Fsp3) is 0.929.